The Morgan fingerprint density at radius 2 is 1.84 bits per heavy atom. The topological polar surface area (TPSA) is 106 Å². The van der Waals surface area contributed by atoms with Gasteiger partial charge in [0.15, 0.2) is 0 Å². The minimum Gasteiger partial charge on any atom is -0.389 e. The van der Waals surface area contributed by atoms with Gasteiger partial charge in [-0.15, -0.1) is 0 Å². The molecule has 1 saturated heterocycles. The molecule has 0 radical (unpaired) electrons. The number of nitrogens with zero attached hydrogens (tertiary/aromatic N) is 2. The third kappa shape index (κ3) is 6.97. The fraction of sp³-hybridized carbons (Fsp3) is 0.444. The lowest BCUT2D eigenvalue weighted by Gasteiger charge is -2.37. The smallest absolute Gasteiger partial charge is 0.268 e. The summed E-state index contributed by atoms with van der Waals surface area (Å²) >= 11 is 0. The molecule has 37 heavy (non-hydrogen) atoms. The number of aliphatic hydroxyl groups excluding tert-OH is 1. The van der Waals surface area contributed by atoms with E-state index < -0.39 is 35.7 Å². The highest BCUT2D eigenvalue weighted by molar-refractivity contribution is 6.44. The van der Waals surface area contributed by atoms with Crippen LogP contribution in [0.15, 0.2) is 53.6 Å². The van der Waals surface area contributed by atoms with Crippen LogP contribution < -0.4 is 21.0 Å². The fourth-order valence-corrected chi connectivity index (χ4v) is 4.81. The van der Waals surface area contributed by atoms with Crippen molar-refractivity contribution < 1.29 is 23.5 Å². The summed E-state index contributed by atoms with van der Waals surface area (Å²) in [5.41, 5.74) is 0.831. The van der Waals surface area contributed by atoms with Gasteiger partial charge in [0.05, 0.1) is 24.3 Å². The fourth-order valence-electron chi connectivity index (χ4n) is 4.81. The Labute approximate surface area is 215 Å². The lowest BCUT2D eigenvalue weighted by molar-refractivity contribution is -0.119. The Morgan fingerprint density at radius 3 is 2.46 bits per heavy atom. The zero-order chi connectivity index (χ0) is 26.5. The van der Waals surface area contributed by atoms with E-state index in [1.54, 1.807) is 24.3 Å². The Bertz CT molecular complexity index is 1120. The number of hydrazone groups is 1. The number of halogens is 2. The zero-order valence-electron chi connectivity index (χ0n) is 21.0. The average Bonchev–Trinajstić information content (AvgIpc) is 3.25. The molecule has 8 nitrogen and oxygen atoms in total. The van der Waals surface area contributed by atoms with Crippen LogP contribution in [0, 0.1) is 17.6 Å². The Morgan fingerprint density at radius 1 is 1.14 bits per heavy atom. The van der Waals surface area contributed by atoms with Crippen LogP contribution in [0.5, 0.6) is 0 Å². The second kappa shape index (κ2) is 11.9. The van der Waals surface area contributed by atoms with Gasteiger partial charge in [-0.3, -0.25) is 9.59 Å². The van der Waals surface area contributed by atoms with Crippen molar-refractivity contribution >= 4 is 23.2 Å². The summed E-state index contributed by atoms with van der Waals surface area (Å²) in [4.78, 5) is 25.7. The van der Waals surface area contributed by atoms with Gasteiger partial charge in [0, 0.05) is 31.2 Å². The van der Waals surface area contributed by atoms with E-state index in [0.717, 1.165) is 12.5 Å². The monoisotopic (exact) mass is 513 g/mol. The van der Waals surface area contributed by atoms with Crippen LogP contribution in [0.3, 0.4) is 0 Å². The summed E-state index contributed by atoms with van der Waals surface area (Å²) in [5.74, 6) is -1.94. The number of benzene rings is 2. The molecule has 2 aromatic carbocycles. The molecule has 2 aromatic rings. The summed E-state index contributed by atoms with van der Waals surface area (Å²) in [5, 5.41) is 26.2. The number of rotatable bonds is 9. The molecule has 2 amide bonds. The van der Waals surface area contributed by atoms with E-state index in [9.17, 15) is 23.5 Å². The number of hydrogen-bond donors (Lipinski definition) is 4. The summed E-state index contributed by atoms with van der Waals surface area (Å²) in [6.07, 6.45) is -0.313. The molecule has 2 aliphatic heterocycles. The molecule has 0 aliphatic carbocycles. The van der Waals surface area contributed by atoms with E-state index in [1.807, 2.05) is 6.07 Å². The van der Waals surface area contributed by atoms with Gasteiger partial charge in [-0.25, -0.2) is 8.78 Å². The first-order chi connectivity index (χ1) is 17.7. The zero-order valence-corrected chi connectivity index (χ0v) is 21.0. The largest absolute Gasteiger partial charge is 0.389 e. The van der Waals surface area contributed by atoms with Crippen LogP contribution in [0.4, 0.5) is 14.5 Å². The molecule has 2 aliphatic rings. The van der Waals surface area contributed by atoms with Crippen LogP contribution in [0.1, 0.15) is 32.3 Å². The van der Waals surface area contributed by atoms with Gasteiger partial charge in [0.25, 0.3) is 11.8 Å². The van der Waals surface area contributed by atoms with E-state index in [4.69, 9.17) is 0 Å². The van der Waals surface area contributed by atoms with Crippen molar-refractivity contribution in [3.63, 3.8) is 0 Å². The van der Waals surface area contributed by atoms with E-state index in [0.29, 0.717) is 30.3 Å². The molecule has 0 spiro atoms. The van der Waals surface area contributed by atoms with Crippen molar-refractivity contribution in [3.05, 3.63) is 65.7 Å². The molecule has 0 bridgehead atoms. The van der Waals surface area contributed by atoms with Gasteiger partial charge in [-0.2, -0.15) is 10.1 Å². The molecule has 4 rings (SSSR count). The molecule has 1 unspecified atom stereocenters. The molecule has 4 atom stereocenters. The van der Waals surface area contributed by atoms with Gasteiger partial charge in [0.2, 0.25) is 0 Å². The highest BCUT2D eigenvalue weighted by Crippen LogP contribution is 2.21. The molecule has 0 saturated carbocycles. The predicted octanol–water partition coefficient (Wildman–Crippen LogP) is 2.12. The summed E-state index contributed by atoms with van der Waals surface area (Å²) in [7, 11) is 0. The highest BCUT2D eigenvalue weighted by atomic mass is 19.1. The molecule has 0 aromatic heterocycles. The number of nitrogens with one attached hydrogen (secondary N) is 3. The number of carbonyl (C=O) groups is 2. The van der Waals surface area contributed by atoms with Crippen LogP contribution in [-0.4, -0.2) is 60.0 Å². The van der Waals surface area contributed by atoms with E-state index >= 15 is 0 Å². The number of para-hydroxylation sites is 1. The van der Waals surface area contributed by atoms with E-state index in [2.05, 4.69) is 34.9 Å². The second-order valence-electron chi connectivity index (χ2n) is 10.1. The normalized spacial score (nSPS) is 21.6. The van der Waals surface area contributed by atoms with Gasteiger partial charge in [-0.05, 0) is 48.6 Å². The van der Waals surface area contributed by atoms with Crippen molar-refractivity contribution in [3.8, 4) is 0 Å². The number of hydrogen-bond acceptors (Lipinski definition) is 6. The lowest BCUT2D eigenvalue weighted by Crippen LogP contribution is -2.63. The number of aliphatic hydroxyl groups is 1. The highest BCUT2D eigenvalue weighted by Gasteiger charge is 2.35. The minimum atomic E-state index is -1.08. The SMILES string of the molecule is CC(C)C[C@H]1CN[C@@H]([C@@H](O)C(Cc2cc(F)cc(F)c2)NC(=O)C2=NN(c3ccccc3)C(=O)C2)CN1. The van der Waals surface area contributed by atoms with Gasteiger partial charge in [0.1, 0.15) is 17.3 Å². The summed E-state index contributed by atoms with van der Waals surface area (Å²) in [6, 6.07) is 10.8. The maximum Gasteiger partial charge on any atom is 0.268 e. The second-order valence-corrected chi connectivity index (χ2v) is 10.1. The lowest BCUT2D eigenvalue weighted by atomic mass is 9.93. The van der Waals surface area contributed by atoms with Crippen LogP contribution in [0.25, 0.3) is 0 Å². The molecule has 198 valence electrons. The number of carbonyl (C=O) groups excluding carboxylic acids is 2. The number of anilines is 1. The standard InChI is InChI=1S/C27H33F2N5O3/c1-16(2)8-20-14-31-24(15-30-20)26(36)22(11-17-9-18(28)12-19(29)10-17)32-27(37)23-13-25(35)34(33-23)21-6-4-3-5-7-21/h3-7,9-10,12,16,20,22,24,26,30-31,36H,8,11,13-15H2,1-2H3,(H,32,37)/t20-,22?,24+,26-/m0/s1. The molecule has 4 N–H and O–H groups in total. The minimum absolute atomic E-state index is 0.00296. The molecular formula is C27H33F2N5O3. The van der Waals surface area contributed by atoms with Crippen molar-refractivity contribution in [2.75, 3.05) is 18.1 Å². The third-order valence-electron chi connectivity index (χ3n) is 6.57. The number of amides is 2. The predicted molar refractivity (Wildman–Crippen MR) is 137 cm³/mol. The molecule has 10 heteroatoms. The van der Waals surface area contributed by atoms with E-state index in [-0.39, 0.29) is 30.5 Å². The van der Waals surface area contributed by atoms with Crippen molar-refractivity contribution in [2.45, 2.75) is 57.3 Å². The average molecular weight is 514 g/mol. The first-order valence-corrected chi connectivity index (χ1v) is 12.6. The van der Waals surface area contributed by atoms with Crippen molar-refractivity contribution in [1.29, 1.82) is 0 Å². The first-order valence-electron chi connectivity index (χ1n) is 12.6. The molecular weight excluding hydrogens is 480 g/mol. The van der Waals surface area contributed by atoms with Crippen LogP contribution in [-0.2, 0) is 16.0 Å². The molecule has 1 fully saturated rings. The van der Waals surface area contributed by atoms with Gasteiger partial charge < -0.3 is 21.1 Å². The molecule has 2 heterocycles. The van der Waals surface area contributed by atoms with Crippen LogP contribution in [0.2, 0.25) is 0 Å². The Kier molecular flexibility index (Phi) is 8.63. The number of piperazine rings is 1. The summed E-state index contributed by atoms with van der Waals surface area (Å²) in [6.45, 7) is 5.38. The van der Waals surface area contributed by atoms with Gasteiger partial charge in [-0.1, -0.05) is 32.0 Å². The van der Waals surface area contributed by atoms with Crippen molar-refractivity contribution in [2.24, 2.45) is 11.0 Å². The maximum absolute atomic E-state index is 13.9. The van der Waals surface area contributed by atoms with Gasteiger partial charge >= 0.3 is 0 Å². The van der Waals surface area contributed by atoms with Crippen LogP contribution >= 0.6 is 0 Å². The van der Waals surface area contributed by atoms with Crippen molar-refractivity contribution in [1.82, 2.24) is 16.0 Å². The third-order valence-corrected chi connectivity index (χ3v) is 6.57. The Hall–Kier alpha value is -3.21. The Balaban J connectivity index is 1.50. The summed E-state index contributed by atoms with van der Waals surface area (Å²) < 4.78 is 27.7. The maximum atomic E-state index is 13.9. The first kappa shape index (κ1) is 26.8. The quantitative estimate of drug-likeness (QED) is 0.411. The van der Waals surface area contributed by atoms with E-state index in [1.165, 1.54) is 17.1 Å².